The molecule has 0 unspecified atom stereocenters. The molecule has 8 heteroatoms. The van der Waals surface area contributed by atoms with Crippen LogP contribution in [0.2, 0.25) is 0 Å². The van der Waals surface area contributed by atoms with Crippen LogP contribution in [0.3, 0.4) is 0 Å². The minimum Gasteiger partial charge on any atom is -0.399 e. The molecule has 2 aliphatic rings. The number of hydrogen-bond donors (Lipinski definition) is 0. The zero-order chi connectivity index (χ0) is 37.1. The highest BCUT2D eigenvalue weighted by Gasteiger charge is 2.52. The predicted octanol–water partition coefficient (Wildman–Crippen LogP) is 9.84. The zero-order valence-electron chi connectivity index (χ0n) is 32.2. The Bertz CT molecular complexity index is 1830. The van der Waals surface area contributed by atoms with E-state index < -0.39 is 36.6 Å². The molecule has 0 radical (unpaired) electrons. The van der Waals surface area contributed by atoms with Gasteiger partial charge in [0.15, 0.2) is 0 Å². The lowest BCUT2D eigenvalue weighted by molar-refractivity contribution is 0.00578. The van der Waals surface area contributed by atoms with Crippen LogP contribution in [0.25, 0.3) is 0 Å². The third-order valence-electron chi connectivity index (χ3n) is 11.3. The van der Waals surface area contributed by atoms with Crippen LogP contribution < -0.4 is 20.7 Å². The van der Waals surface area contributed by atoms with Gasteiger partial charge in [-0.1, -0.05) is 59.7 Å². The van der Waals surface area contributed by atoms with E-state index in [0.717, 1.165) is 45.0 Å². The SMILES string of the molecule is Cc1ccc(N(c2ccc(B3OC(C)(C)C(C)(C)O3)cc2)c2ccc(N(c3ccc(C)cc3)c3ccc(B4OC(C)(C)C(C)(C)O4)cc3)cc2)cc1. The van der Waals surface area contributed by atoms with Crippen molar-refractivity contribution in [2.75, 3.05) is 9.80 Å². The van der Waals surface area contributed by atoms with Crippen LogP contribution in [-0.4, -0.2) is 36.6 Å². The molecule has 0 bridgehead atoms. The van der Waals surface area contributed by atoms with Crippen molar-refractivity contribution in [3.8, 4) is 0 Å². The van der Waals surface area contributed by atoms with Crippen LogP contribution in [0.4, 0.5) is 34.1 Å². The predicted molar refractivity (Wildman–Crippen MR) is 217 cm³/mol. The van der Waals surface area contributed by atoms with E-state index in [2.05, 4.69) is 200 Å². The zero-order valence-corrected chi connectivity index (χ0v) is 32.2. The van der Waals surface area contributed by atoms with E-state index in [1.54, 1.807) is 0 Å². The lowest BCUT2D eigenvalue weighted by Crippen LogP contribution is -2.41. The molecule has 0 atom stereocenters. The quantitative estimate of drug-likeness (QED) is 0.151. The third-order valence-corrected chi connectivity index (χ3v) is 11.3. The molecule has 2 fully saturated rings. The molecule has 6 nitrogen and oxygen atoms in total. The maximum absolute atomic E-state index is 6.34. The fourth-order valence-electron chi connectivity index (χ4n) is 6.55. The fourth-order valence-corrected chi connectivity index (χ4v) is 6.55. The Morgan fingerprint density at radius 2 is 0.519 bits per heavy atom. The Hall–Kier alpha value is -4.33. The molecule has 5 aromatic carbocycles. The molecule has 0 aliphatic carbocycles. The summed E-state index contributed by atoms with van der Waals surface area (Å²) >= 11 is 0. The van der Waals surface area contributed by atoms with Crippen molar-refractivity contribution in [2.45, 2.75) is 91.6 Å². The normalized spacial score (nSPS) is 18.4. The molecule has 7 rings (SSSR count). The first-order chi connectivity index (χ1) is 24.5. The summed E-state index contributed by atoms with van der Waals surface area (Å²) in [7, 11) is -0.824. The highest BCUT2D eigenvalue weighted by Crippen LogP contribution is 2.41. The van der Waals surface area contributed by atoms with Gasteiger partial charge in [-0.05, 0) is 153 Å². The first-order valence-electron chi connectivity index (χ1n) is 18.3. The Morgan fingerprint density at radius 3 is 0.750 bits per heavy atom. The van der Waals surface area contributed by atoms with Gasteiger partial charge in [-0.15, -0.1) is 0 Å². The van der Waals surface area contributed by atoms with Gasteiger partial charge >= 0.3 is 14.2 Å². The summed E-state index contributed by atoms with van der Waals surface area (Å²) in [6.07, 6.45) is 0. The van der Waals surface area contributed by atoms with Crippen LogP contribution >= 0.6 is 0 Å². The fraction of sp³-hybridized carbons (Fsp3) is 0.318. The molecule has 0 saturated carbocycles. The number of benzene rings is 5. The second kappa shape index (κ2) is 13.3. The topological polar surface area (TPSA) is 43.4 Å². The number of aryl methyl sites for hydroxylation is 2. The van der Waals surface area contributed by atoms with Crippen molar-refractivity contribution in [3.63, 3.8) is 0 Å². The van der Waals surface area contributed by atoms with Crippen molar-refractivity contribution >= 4 is 59.3 Å². The Morgan fingerprint density at radius 1 is 0.327 bits per heavy atom. The first-order valence-corrected chi connectivity index (χ1v) is 18.3. The highest BCUT2D eigenvalue weighted by atomic mass is 16.7. The molecule has 0 aromatic heterocycles. The summed E-state index contributed by atoms with van der Waals surface area (Å²) in [6, 6.07) is 43.1. The molecule has 2 aliphatic heterocycles. The molecule has 0 N–H and O–H groups in total. The van der Waals surface area contributed by atoms with Gasteiger partial charge in [0.25, 0.3) is 0 Å². The molecule has 0 amide bonds. The van der Waals surface area contributed by atoms with E-state index in [9.17, 15) is 0 Å². The average molecular weight is 693 g/mol. The first kappa shape index (κ1) is 36.0. The van der Waals surface area contributed by atoms with Crippen molar-refractivity contribution < 1.29 is 18.6 Å². The second-order valence-electron chi connectivity index (χ2n) is 16.2. The Labute approximate surface area is 311 Å². The van der Waals surface area contributed by atoms with Gasteiger partial charge in [-0.25, -0.2) is 0 Å². The lowest BCUT2D eigenvalue weighted by atomic mass is 9.79. The summed E-state index contributed by atoms with van der Waals surface area (Å²) < 4.78 is 25.4. The monoisotopic (exact) mass is 692 g/mol. The van der Waals surface area contributed by atoms with Gasteiger partial charge in [0, 0.05) is 34.1 Å². The largest absolute Gasteiger partial charge is 0.494 e. The molecule has 266 valence electrons. The molecule has 0 spiro atoms. The lowest BCUT2D eigenvalue weighted by Gasteiger charge is -2.32. The van der Waals surface area contributed by atoms with E-state index >= 15 is 0 Å². The van der Waals surface area contributed by atoms with E-state index in [1.807, 2.05) is 0 Å². The average Bonchev–Trinajstić information content (AvgIpc) is 3.47. The Balaban J connectivity index is 1.21. The van der Waals surface area contributed by atoms with Crippen molar-refractivity contribution in [1.29, 1.82) is 0 Å². The standard InChI is InChI=1S/C44H50B2N2O4/c1-31-11-19-35(20-12-31)47(37-23-15-33(16-24-37)45-49-41(3,4)42(5,6)50-45)39-27-29-40(30-28-39)48(36-21-13-32(2)14-22-36)38-25-17-34(18-26-38)46-51-43(7,8)44(9,10)52-46/h11-30H,1-10H3. The molecule has 2 heterocycles. The third kappa shape index (κ3) is 6.81. The number of nitrogens with zero attached hydrogens (tertiary/aromatic N) is 2. The van der Waals surface area contributed by atoms with E-state index in [1.165, 1.54) is 11.1 Å². The molecular formula is C44H50B2N2O4. The van der Waals surface area contributed by atoms with Crippen molar-refractivity contribution in [1.82, 2.24) is 0 Å². The van der Waals surface area contributed by atoms with Gasteiger partial charge in [-0.3, -0.25) is 0 Å². The number of hydrogen-bond acceptors (Lipinski definition) is 6. The number of anilines is 6. The van der Waals surface area contributed by atoms with Gasteiger partial charge in [0.05, 0.1) is 22.4 Å². The summed E-state index contributed by atoms with van der Waals surface area (Å²) in [5.74, 6) is 0. The summed E-state index contributed by atoms with van der Waals surface area (Å²) in [5.41, 5.74) is 9.21. The molecule has 5 aromatic rings. The highest BCUT2D eigenvalue weighted by molar-refractivity contribution is 6.62. The van der Waals surface area contributed by atoms with Crippen LogP contribution in [0.15, 0.2) is 121 Å². The van der Waals surface area contributed by atoms with Crippen molar-refractivity contribution in [2.24, 2.45) is 0 Å². The van der Waals surface area contributed by atoms with Crippen LogP contribution in [-0.2, 0) is 18.6 Å². The minimum atomic E-state index is -0.412. The maximum atomic E-state index is 6.34. The molecular weight excluding hydrogens is 642 g/mol. The minimum absolute atomic E-state index is 0.395. The second-order valence-corrected chi connectivity index (χ2v) is 16.2. The van der Waals surface area contributed by atoms with Crippen LogP contribution in [0.5, 0.6) is 0 Å². The molecule has 2 saturated heterocycles. The molecule has 52 heavy (non-hydrogen) atoms. The van der Waals surface area contributed by atoms with E-state index in [4.69, 9.17) is 18.6 Å². The van der Waals surface area contributed by atoms with Gasteiger partial charge < -0.3 is 28.4 Å². The number of rotatable bonds is 8. The van der Waals surface area contributed by atoms with Gasteiger partial charge in [0.2, 0.25) is 0 Å². The smallest absolute Gasteiger partial charge is 0.399 e. The van der Waals surface area contributed by atoms with E-state index in [-0.39, 0.29) is 0 Å². The summed E-state index contributed by atoms with van der Waals surface area (Å²) in [6.45, 7) is 20.9. The summed E-state index contributed by atoms with van der Waals surface area (Å²) in [4.78, 5) is 4.57. The van der Waals surface area contributed by atoms with Crippen molar-refractivity contribution in [3.05, 3.63) is 132 Å². The van der Waals surface area contributed by atoms with Crippen LogP contribution in [0.1, 0.15) is 66.5 Å². The Kier molecular flexibility index (Phi) is 9.19. The van der Waals surface area contributed by atoms with E-state index in [0.29, 0.717) is 0 Å². The maximum Gasteiger partial charge on any atom is 0.494 e. The van der Waals surface area contributed by atoms with Crippen LogP contribution in [0, 0.1) is 13.8 Å². The van der Waals surface area contributed by atoms with Gasteiger partial charge in [-0.2, -0.15) is 0 Å². The van der Waals surface area contributed by atoms with Gasteiger partial charge in [0.1, 0.15) is 0 Å². The summed E-state index contributed by atoms with van der Waals surface area (Å²) in [5, 5.41) is 0.